The third-order valence-electron chi connectivity index (χ3n) is 5.57. The van der Waals surface area contributed by atoms with Gasteiger partial charge in [-0.15, -0.1) is 0 Å². The summed E-state index contributed by atoms with van der Waals surface area (Å²) in [7, 11) is 1.63. The molecule has 7 heteroatoms. The summed E-state index contributed by atoms with van der Waals surface area (Å²) in [6.45, 7) is 4.57. The van der Waals surface area contributed by atoms with Crippen LogP contribution in [-0.4, -0.2) is 61.1 Å². The number of methoxy groups -OCH3 is 1. The van der Waals surface area contributed by atoms with Crippen molar-refractivity contribution in [1.82, 2.24) is 9.80 Å². The lowest BCUT2D eigenvalue weighted by Crippen LogP contribution is -2.52. The average molecular weight is 402 g/mol. The predicted octanol–water partition coefficient (Wildman–Crippen LogP) is 2.63. The van der Waals surface area contributed by atoms with Gasteiger partial charge in [0.25, 0.3) is 0 Å². The van der Waals surface area contributed by atoms with E-state index in [1.165, 1.54) is 12.1 Å². The van der Waals surface area contributed by atoms with Crippen LogP contribution in [0.1, 0.15) is 17.5 Å². The molecule has 0 unspecified atom stereocenters. The molecule has 156 valence electrons. The summed E-state index contributed by atoms with van der Waals surface area (Å²) >= 11 is 0. The Bertz CT molecular complexity index is 830. The Morgan fingerprint density at radius 1 is 1.10 bits per heavy atom. The summed E-state index contributed by atoms with van der Waals surface area (Å²) in [6, 6.07) is 10.9. The zero-order valence-corrected chi connectivity index (χ0v) is 16.6. The third kappa shape index (κ3) is 4.63. The van der Waals surface area contributed by atoms with Gasteiger partial charge in [0.15, 0.2) is 11.5 Å². The highest BCUT2D eigenvalue weighted by Crippen LogP contribution is 2.42. The second-order valence-corrected chi connectivity index (χ2v) is 7.53. The maximum atomic E-state index is 13.2. The number of hydrogen-bond donors (Lipinski definition) is 1. The lowest BCUT2D eigenvalue weighted by molar-refractivity contribution is 0.0499. The standard InChI is InChI=1S/C22H27FN2O4/c1-27-20-10-17(11-21-22(20)29-15-28-21)12-24-7-8-25(19(14-24)6-9-26)13-16-2-4-18(23)5-3-16/h2-5,10-11,19,26H,6-9,12-15H2,1H3/t19-/m1/s1. The normalized spacial score (nSPS) is 19.5. The van der Waals surface area contributed by atoms with Crippen molar-refractivity contribution in [3.63, 3.8) is 0 Å². The topological polar surface area (TPSA) is 54.4 Å². The molecular weight excluding hydrogens is 375 g/mol. The minimum Gasteiger partial charge on any atom is -0.493 e. The van der Waals surface area contributed by atoms with Crippen molar-refractivity contribution >= 4 is 0 Å². The van der Waals surface area contributed by atoms with E-state index in [1.807, 2.05) is 24.3 Å². The molecule has 1 fully saturated rings. The Morgan fingerprint density at radius 3 is 2.69 bits per heavy atom. The van der Waals surface area contributed by atoms with Crippen molar-refractivity contribution < 1.29 is 23.7 Å². The highest BCUT2D eigenvalue weighted by Gasteiger charge is 2.28. The molecule has 4 rings (SSSR count). The number of nitrogens with zero attached hydrogens (tertiary/aromatic N) is 2. The molecule has 0 amide bonds. The van der Waals surface area contributed by atoms with Crippen LogP contribution in [0, 0.1) is 5.82 Å². The summed E-state index contributed by atoms with van der Waals surface area (Å²) in [4.78, 5) is 4.76. The van der Waals surface area contributed by atoms with Gasteiger partial charge in [0.2, 0.25) is 12.5 Å². The van der Waals surface area contributed by atoms with Crippen molar-refractivity contribution in [2.45, 2.75) is 25.6 Å². The molecule has 29 heavy (non-hydrogen) atoms. The molecule has 1 atom stereocenters. The van der Waals surface area contributed by atoms with Crippen molar-refractivity contribution in [1.29, 1.82) is 0 Å². The lowest BCUT2D eigenvalue weighted by atomic mass is 10.1. The number of hydrogen-bond acceptors (Lipinski definition) is 6. The van der Waals surface area contributed by atoms with E-state index < -0.39 is 0 Å². The Balaban J connectivity index is 1.42. The van der Waals surface area contributed by atoms with Gasteiger partial charge in [-0.3, -0.25) is 9.80 Å². The highest BCUT2D eigenvalue weighted by molar-refractivity contribution is 5.55. The molecule has 1 saturated heterocycles. The van der Waals surface area contributed by atoms with Crippen LogP contribution in [0.3, 0.4) is 0 Å². The molecule has 0 saturated carbocycles. The van der Waals surface area contributed by atoms with Crippen molar-refractivity contribution in [3.05, 3.63) is 53.3 Å². The quantitative estimate of drug-likeness (QED) is 0.769. The van der Waals surface area contributed by atoms with E-state index >= 15 is 0 Å². The maximum Gasteiger partial charge on any atom is 0.231 e. The van der Waals surface area contributed by atoms with Crippen LogP contribution in [0.5, 0.6) is 17.2 Å². The van der Waals surface area contributed by atoms with Crippen LogP contribution in [0.4, 0.5) is 4.39 Å². The molecule has 0 aromatic heterocycles. The largest absolute Gasteiger partial charge is 0.493 e. The smallest absolute Gasteiger partial charge is 0.231 e. The van der Waals surface area contributed by atoms with Crippen molar-refractivity contribution in [3.8, 4) is 17.2 Å². The Labute approximate surface area is 170 Å². The molecule has 2 aromatic rings. The number of fused-ring (bicyclic) bond motifs is 1. The van der Waals surface area contributed by atoms with Gasteiger partial charge in [-0.2, -0.15) is 0 Å². The first-order valence-corrected chi connectivity index (χ1v) is 9.94. The molecule has 2 aliphatic heterocycles. The van der Waals surface area contributed by atoms with E-state index in [0.717, 1.165) is 49.6 Å². The lowest BCUT2D eigenvalue weighted by Gasteiger charge is -2.41. The Morgan fingerprint density at radius 2 is 1.93 bits per heavy atom. The van der Waals surface area contributed by atoms with Crippen molar-refractivity contribution in [2.24, 2.45) is 0 Å². The van der Waals surface area contributed by atoms with E-state index in [9.17, 15) is 9.50 Å². The predicted molar refractivity (Wildman–Crippen MR) is 107 cm³/mol. The second-order valence-electron chi connectivity index (χ2n) is 7.53. The molecule has 6 nitrogen and oxygen atoms in total. The monoisotopic (exact) mass is 402 g/mol. The van der Waals surface area contributed by atoms with Gasteiger partial charge >= 0.3 is 0 Å². The summed E-state index contributed by atoms with van der Waals surface area (Å²) in [5.74, 6) is 1.86. The number of aliphatic hydroxyl groups excluding tert-OH is 1. The summed E-state index contributed by atoms with van der Waals surface area (Å²) in [6.07, 6.45) is 0.710. The van der Waals surface area contributed by atoms with Crippen LogP contribution in [0.15, 0.2) is 36.4 Å². The first-order valence-electron chi connectivity index (χ1n) is 9.94. The van der Waals surface area contributed by atoms with Gasteiger partial charge in [-0.25, -0.2) is 4.39 Å². The molecule has 2 heterocycles. The minimum absolute atomic E-state index is 0.149. The van der Waals surface area contributed by atoms with E-state index in [0.29, 0.717) is 17.9 Å². The molecule has 2 aliphatic rings. The first kappa shape index (κ1) is 19.9. The summed E-state index contributed by atoms with van der Waals surface area (Å²) < 4.78 is 29.6. The Hall–Kier alpha value is -2.35. The molecule has 0 bridgehead atoms. The van der Waals surface area contributed by atoms with Gasteiger partial charge in [0.05, 0.1) is 7.11 Å². The minimum atomic E-state index is -0.218. The summed E-state index contributed by atoms with van der Waals surface area (Å²) in [5.41, 5.74) is 2.20. The number of aliphatic hydroxyl groups is 1. The molecule has 0 spiro atoms. The van der Waals surface area contributed by atoms with Gasteiger partial charge in [-0.1, -0.05) is 12.1 Å². The van der Waals surface area contributed by atoms with Gasteiger partial charge in [0, 0.05) is 45.4 Å². The zero-order valence-electron chi connectivity index (χ0n) is 16.6. The third-order valence-corrected chi connectivity index (χ3v) is 5.57. The van der Waals surface area contributed by atoms with Gasteiger partial charge < -0.3 is 19.3 Å². The van der Waals surface area contributed by atoms with E-state index in [1.54, 1.807) is 7.11 Å². The van der Waals surface area contributed by atoms with Gasteiger partial charge in [0.1, 0.15) is 5.82 Å². The fraction of sp³-hybridized carbons (Fsp3) is 0.455. The SMILES string of the molecule is COc1cc(CN2CCN(Cc3ccc(F)cc3)[C@H](CCO)C2)cc2c1OCO2. The van der Waals surface area contributed by atoms with E-state index in [2.05, 4.69) is 9.80 Å². The van der Waals surface area contributed by atoms with Crippen LogP contribution in [0.2, 0.25) is 0 Å². The second kappa shape index (κ2) is 8.98. The molecule has 0 radical (unpaired) electrons. The fourth-order valence-electron chi connectivity index (χ4n) is 4.09. The number of rotatable bonds is 7. The van der Waals surface area contributed by atoms with Crippen LogP contribution < -0.4 is 14.2 Å². The van der Waals surface area contributed by atoms with Gasteiger partial charge in [-0.05, 0) is 41.8 Å². The number of ether oxygens (including phenoxy) is 3. The summed E-state index contributed by atoms with van der Waals surface area (Å²) in [5, 5.41) is 9.55. The first-order chi connectivity index (χ1) is 14.2. The van der Waals surface area contributed by atoms with Crippen LogP contribution >= 0.6 is 0 Å². The van der Waals surface area contributed by atoms with E-state index in [4.69, 9.17) is 14.2 Å². The number of benzene rings is 2. The van der Waals surface area contributed by atoms with Crippen LogP contribution in [-0.2, 0) is 13.1 Å². The van der Waals surface area contributed by atoms with Crippen molar-refractivity contribution in [2.75, 3.05) is 40.1 Å². The average Bonchev–Trinajstić information content (AvgIpc) is 3.20. The highest BCUT2D eigenvalue weighted by atomic mass is 19.1. The molecule has 1 N–H and O–H groups in total. The number of piperazine rings is 1. The van der Waals surface area contributed by atoms with E-state index in [-0.39, 0.29) is 25.3 Å². The number of halogens is 1. The maximum absolute atomic E-state index is 13.2. The molecule has 2 aromatic carbocycles. The molecular formula is C22H27FN2O4. The molecule has 0 aliphatic carbocycles. The zero-order chi connectivity index (χ0) is 20.2. The van der Waals surface area contributed by atoms with Crippen LogP contribution in [0.25, 0.3) is 0 Å². The Kier molecular flexibility index (Phi) is 6.18. The fourth-order valence-corrected chi connectivity index (χ4v) is 4.09.